The van der Waals surface area contributed by atoms with Crippen LogP contribution in [0.4, 0.5) is 0 Å². The number of pyridine rings is 1. The molecule has 3 nitrogen and oxygen atoms in total. The zero-order valence-corrected chi connectivity index (χ0v) is 13.6. The molecule has 0 amide bonds. The summed E-state index contributed by atoms with van der Waals surface area (Å²) in [6, 6.07) is 19.5. The predicted octanol–water partition coefficient (Wildman–Crippen LogP) is 4.87. The van der Waals surface area contributed by atoms with Crippen LogP contribution < -0.4 is 5.56 Å². The molecular weight excluding hydrogens is 298 g/mol. The molecule has 3 heteroatoms. The van der Waals surface area contributed by atoms with Crippen LogP contribution in [0.2, 0.25) is 0 Å². The van der Waals surface area contributed by atoms with Crippen molar-refractivity contribution in [1.82, 2.24) is 4.57 Å². The van der Waals surface area contributed by atoms with E-state index in [1.165, 1.54) is 5.56 Å². The quantitative estimate of drug-likeness (QED) is 0.529. The van der Waals surface area contributed by atoms with Gasteiger partial charge in [-0.05, 0) is 50.2 Å². The van der Waals surface area contributed by atoms with E-state index in [-0.39, 0.29) is 5.56 Å². The van der Waals surface area contributed by atoms with Gasteiger partial charge in [-0.15, -0.1) is 0 Å². The number of fused-ring (bicyclic) bond motifs is 1. The van der Waals surface area contributed by atoms with Gasteiger partial charge in [0.05, 0.1) is 11.8 Å². The number of aryl methyl sites for hydroxylation is 2. The normalized spacial score (nSPS) is 11.1. The third-order valence-electron chi connectivity index (χ3n) is 4.25. The summed E-state index contributed by atoms with van der Waals surface area (Å²) in [5, 5.41) is 1.00. The Morgan fingerprint density at radius 2 is 1.62 bits per heavy atom. The highest BCUT2D eigenvalue weighted by Gasteiger charge is 2.13. The zero-order valence-electron chi connectivity index (χ0n) is 13.6. The number of benzene rings is 2. The highest BCUT2D eigenvalue weighted by molar-refractivity contribution is 5.94. The molecule has 4 aromatic rings. The minimum Gasteiger partial charge on any atom is -0.464 e. The molecule has 2 aromatic carbocycles. The second-order valence-electron chi connectivity index (χ2n) is 6.07. The van der Waals surface area contributed by atoms with E-state index in [9.17, 15) is 4.79 Å². The summed E-state index contributed by atoms with van der Waals surface area (Å²) in [6.07, 6.45) is 1.63. The fraction of sp³-hybridized carbons (Fsp3) is 0.0952. The summed E-state index contributed by atoms with van der Waals surface area (Å²) in [4.78, 5) is 12.8. The van der Waals surface area contributed by atoms with E-state index in [1.54, 1.807) is 16.9 Å². The third kappa shape index (κ3) is 2.35. The first-order valence-electron chi connectivity index (χ1n) is 7.91. The second kappa shape index (κ2) is 5.53. The van der Waals surface area contributed by atoms with Crippen LogP contribution in [-0.4, -0.2) is 4.57 Å². The number of nitrogens with zero attached hydrogens (tertiary/aromatic N) is 1. The summed E-state index contributed by atoms with van der Waals surface area (Å²) >= 11 is 0. The first-order chi connectivity index (χ1) is 11.6. The fourth-order valence-electron chi connectivity index (χ4n) is 3.04. The molecule has 0 bridgehead atoms. The second-order valence-corrected chi connectivity index (χ2v) is 6.07. The van der Waals surface area contributed by atoms with Crippen molar-refractivity contribution in [3.05, 3.63) is 88.4 Å². The number of furan rings is 1. The van der Waals surface area contributed by atoms with E-state index in [1.807, 2.05) is 62.4 Å². The molecule has 0 aliphatic carbocycles. The van der Waals surface area contributed by atoms with Gasteiger partial charge in [-0.3, -0.25) is 9.36 Å². The summed E-state index contributed by atoms with van der Waals surface area (Å²) in [5.74, 6) is 0.707. The smallest absolute Gasteiger partial charge is 0.256 e. The minimum absolute atomic E-state index is 0.0680. The van der Waals surface area contributed by atoms with E-state index < -0.39 is 0 Å². The highest BCUT2D eigenvalue weighted by Crippen LogP contribution is 2.29. The summed E-state index contributed by atoms with van der Waals surface area (Å²) in [7, 11) is 0. The van der Waals surface area contributed by atoms with Gasteiger partial charge in [0.15, 0.2) is 0 Å². The lowest BCUT2D eigenvalue weighted by atomic mass is 10.0. The Kier molecular flexibility index (Phi) is 3.35. The summed E-state index contributed by atoms with van der Waals surface area (Å²) in [5.41, 5.74) is 4.81. The predicted molar refractivity (Wildman–Crippen MR) is 96.7 cm³/mol. The molecule has 0 N–H and O–H groups in total. The standard InChI is InChI=1S/C21H17NO2/c1-14-5-8-16(9-6-14)22-19-10-7-15(2)12-17(19)18(13-21(22)23)20-4-3-11-24-20/h3-13H,1-2H3. The van der Waals surface area contributed by atoms with Gasteiger partial charge < -0.3 is 4.42 Å². The Morgan fingerprint density at radius 1 is 0.875 bits per heavy atom. The van der Waals surface area contributed by atoms with Crippen LogP contribution in [0, 0.1) is 13.8 Å². The SMILES string of the molecule is Cc1ccc(-n2c(=O)cc(-c3ccco3)c3cc(C)ccc32)cc1. The molecule has 2 aromatic heterocycles. The zero-order chi connectivity index (χ0) is 16.7. The van der Waals surface area contributed by atoms with Crippen molar-refractivity contribution < 1.29 is 4.42 Å². The van der Waals surface area contributed by atoms with Gasteiger partial charge in [0.25, 0.3) is 5.56 Å². The maximum Gasteiger partial charge on any atom is 0.256 e. The van der Waals surface area contributed by atoms with Gasteiger partial charge in [-0.25, -0.2) is 0 Å². The van der Waals surface area contributed by atoms with Crippen LogP contribution >= 0.6 is 0 Å². The van der Waals surface area contributed by atoms with E-state index in [0.717, 1.165) is 27.7 Å². The molecule has 0 aliphatic rings. The largest absolute Gasteiger partial charge is 0.464 e. The number of aromatic nitrogens is 1. The van der Waals surface area contributed by atoms with Gasteiger partial charge in [-0.2, -0.15) is 0 Å². The molecule has 0 unspecified atom stereocenters. The Labute approximate surface area is 139 Å². The highest BCUT2D eigenvalue weighted by atomic mass is 16.3. The van der Waals surface area contributed by atoms with Crippen LogP contribution in [-0.2, 0) is 0 Å². The summed E-state index contributed by atoms with van der Waals surface area (Å²) < 4.78 is 7.29. The first kappa shape index (κ1) is 14.5. The van der Waals surface area contributed by atoms with Gasteiger partial charge in [0.1, 0.15) is 5.76 Å². The lowest BCUT2D eigenvalue weighted by Gasteiger charge is -2.13. The van der Waals surface area contributed by atoms with E-state index >= 15 is 0 Å². The average Bonchev–Trinajstić information content (AvgIpc) is 3.10. The fourth-order valence-corrected chi connectivity index (χ4v) is 3.04. The molecule has 0 spiro atoms. The molecule has 0 saturated carbocycles. The van der Waals surface area contributed by atoms with E-state index in [2.05, 4.69) is 6.07 Å². The first-order valence-corrected chi connectivity index (χ1v) is 7.91. The molecule has 0 radical (unpaired) electrons. The Balaban J connectivity index is 2.10. The number of hydrogen-bond donors (Lipinski definition) is 0. The number of hydrogen-bond acceptors (Lipinski definition) is 2. The van der Waals surface area contributed by atoms with Crippen LogP contribution in [0.25, 0.3) is 27.9 Å². The van der Waals surface area contributed by atoms with Crippen LogP contribution in [0.1, 0.15) is 11.1 Å². The minimum atomic E-state index is -0.0680. The van der Waals surface area contributed by atoms with Crippen molar-refractivity contribution in [2.75, 3.05) is 0 Å². The van der Waals surface area contributed by atoms with Gasteiger partial charge in [0.2, 0.25) is 0 Å². The molecule has 2 heterocycles. The lowest BCUT2D eigenvalue weighted by molar-refractivity contribution is 0.583. The molecule has 0 fully saturated rings. The molecule has 0 aliphatic heterocycles. The van der Waals surface area contributed by atoms with Crippen LogP contribution in [0.5, 0.6) is 0 Å². The van der Waals surface area contributed by atoms with Crippen molar-refractivity contribution >= 4 is 10.9 Å². The molecule has 0 saturated heterocycles. The summed E-state index contributed by atoms with van der Waals surface area (Å²) in [6.45, 7) is 4.08. The lowest BCUT2D eigenvalue weighted by Crippen LogP contribution is -2.18. The van der Waals surface area contributed by atoms with Gasteiger partial charge >= 0.3 is 0 Å². The maximum atomic E-state index is 12.8. The van der Waals surface area contributed by atoms with Crippen molar-refractivity contribution in [2.45, 2.75) is 13.8 Å². The molecule has 118 valence electrons. The Morgan fingerprint density at radius 3 is 2.33 bits per heavy atom. The molecular formula is C21H17NO2. The van der Waals surface area contributed by atoms with Crippen molar-refractivity contribution in [1.29, 1.82) is 0 Å². The molecule has 24 heavy (non-hydrogen) atoms. The van der Waals surface area contributed by atoms with Gasteiger partial charge in [-0.1, -0.05) is 29.3 Å². The van der Waals surface area contributed by atoms with Gasteiger partial charge in [0, 0.05) is 22.7 Å². The Bertz CT molecular complexity index is 1070. The monoisotopic (exact) mass is 315 g/mol. The van der Waals surface area contributed by atoms with E-state index in [4.69, 9.17) is 4.42 Å². The van der Waals surface area contributed by atoms with Crippen molar-refractivity contribution in [3.8, 4) is 17.0 Å². The molecule has 0 atom stereocenters. The Hall–Kier alpha value is -3.07. The number of rotatable bonds is 2. The van der Waals surface area contributed by atoms with Crippen molar-refractivity contribution in [3.63, 3.8) is 0 Å². The van der Waals surface area contributed by atoms with Crippen molar-refractivity contribution in [2.24, 2.45) is 0 Å². The van der Waals surface area contributed by atoms with Crippen LogP contribution in [0.15, 0.2) is 76.1 Å². The third-order valence-corrected chi connectivity index (χ3v) is 4.25. The van der Waals surface area contributed by atoms with E-state index in [0.29, 0.717) is 5.76 Å². The maximum absolute atomic E-state index is 12.8. The average molecular weight is 315 g/mol. The molecule has 4 rings (SSSR count). The van der Waals surface area contributed by atoms with Crippen LogP contribution in [0.3, 0.4) is 0 Å². The topological polar surface area (TPSA) is 35.1 Å².